The standard InChI is InChI=1S/C25H36ClN3O4/c1-16(27-23(32)18-5-10-21(14-18)28-17(2)30)13-22(31)29-12-11-25(33,24(3,4)15-29)19-6-8-20(26)9-7-19/h6-9,16,18,21,33H,5,10-15H2,1-4H3,(H,27,32)(H,28,30)/t16-,18-,21?,25+/m1/s1. The van der Waals surface area contributed by atoms with E-state index in [1.165, 1.54) is 6.92 Å². The van der Waals surface area contributed by atoms with Gasteiger partial charge in [-0.15, -0.1) is 0 Å². The molecule has 1 heterocycles. The zero-order valence-corrected chi connectivity index (χ0v) is 20.7. The summed E-state index contributed by atoms with van der Waals surface area (Å²) in [6, 6.07) is 7.00. The topological polar surface area (TPSA) is 98.7 Å². The Morgan fingerprint density at radius 2 is 1.88 bits per heavy atom. The van der Waals surface area contributed by atoms with Crippen molar-refractivity contribution in [3.8, 4) is 0 Å². The van der Waals surface area contributed by atoms with Crippen LogP contribution in [0.2, 0.25) is 5.02 Å². The van der Waals surface area contributed by atoms with Crippen LogP contribution in [0.3, 0.4) is 0 Å². The lowest BCUT2D eigenvalue weighted by atomic mass is 9.66. The third kappa shape index (κ3) is 5.87. The molecule has 33 heavy (non-hydrogen) atoms. The lowest BCUT2D eigenvalue weighted by molar-refractivity contribution is -0.153. The second-order valence-corrected chi connectivity index (χ2v) is 10.8. The van der Waals surface area contributed by atoms with Gasteiger partial charge in [0.1, 0.15) is 0 Å². The Labute approximate surface area is 201 Å². The Hall–Kier alpha value is -2.12. The van der Waals surface area contributed by atoms with E-state index >= 15 is 0 Å². The number of amides is 3. The lowest BCUT2D eigenvalue weighted by Gasteiger charge is -2.50. The molecule has 3 amide bonds. The van der Waals surface area contributed by atoms with Crippen LogP contribution in [0.25, 0.3) is 0 Å². The van der Waals surface area contributed by atoms with Crippen LogP contribution in [0, 0.1) is 11.3 Å². The summed E-state index contributed by atoms with van der Waals surface area (Å²) in [5, 5.41) is 18.0. The molecule has 0 bridgehead atoms. The number of aliphatic hydroxyl groups is 1. The molecule has 1 aliphatic heterocycles. The zero-order chi connectivity index (χ0) is 24.4. The summed E-state index contributed by atoms with van der Waals surface area (Å²) < 4.78 is 0. The molecule has 3 N–H and O–H groups in total. The van der Waals surface area contributed by atoms with E-state index in [2.05, 4.69) is 10.6 Å². The molecule has 1 aliphatic carbocycles. The number of benzene rings is 1. The molecule has 0 aromatic heterocycles. The van der Waals surface area contributed by atoms with Crippen molar-refractivity contribution in [3.05, 3.63) is 34.9 Å². The van der Waals surface area contributed by atoms with Crippen LogP contribution in [0.15, 0.2) is 24.3 Å². The predicted octanol–water partition coefficient (Wildman–Crippen LogP) is 2.99. The number of rotatable bonds is 6. The summed E-state index contributed by atoms with van der Waals surface area (Å²) in [4.78, 5) is 38.6. The highest BCUT2D eigenvalue weighted by Gasteiger charge is 2.49. The number of nitrogens with one attached hydrogen (secondary N) is 2. The second kappa shape index (κ2) is 10.0. The molecule has 2 aliphatic rings. The summed E-state index contributed by atoms with van der Waals surface area (Å²) >= 11 is 6.00. The molecule has 1 aromatic carbocycles. The number of piperidine rings is 1. The average Bonchev–Trinajstić information content (AvgIpc) is 3.18. The van der Waals surface area contributed by atoms with Gasteiger partial charge in [-0.1, -0.05) is 37.6 Å². The molecular weight excluding hydrogens is 442 g/mol. The average molecular weight is 478 g/mol. The first kappa shape index (κ1) is 25.5. The Bertz CT molecular complexity index is 888. The van der Waals surface area contributed by atoms with E-state index in [1.807, 2.05) is 32.9 Å². The maximum atomic E-state index is 13.0. The van der Waals surface area contributed by atoms with Crippen molar-refractivity contribution < 1.29 is 19.5 Å². The van der Waals surface area contributed by atoms with E-state index in [0.29, 0.717) is 31.0 Å². The number of nitrogens with zero attached hydrogens (tertiary/aromatic N) is 1. The largest absolute Gasteiger partial charge is 0.384 e. The normalized spacial score (nSPS) is 27.6. The Balaban J connectivity index is 1.53. The van der Waals surface area contributed by atoms with E-state index in [4.69, 9.17) is 11.6 Å². The first-order chi connectivity index (χ1) is 15.4. The van der Waals surface area contributed by atoms with Crippen molar-refractivity contribution in [1.29, 1.82) is 0 Å². The van der Waals surface area contributed by atoms with Gasteiger partial charge in [-0.3, -0.25) is 14.4 Å². The maximum absolute atomic E-state index is 13.0. The van der Waals surface area contributed by atoms with E-state index in [-0.39, 0.29) is 42.1 Å². The molecule has 0 radical (unpaired) electrons. The number of likely N-dealkylation sites (tertiary alicyclic amines) is 1. The molecule has 7 nitrogen and oxygen atoms in total. The summed E-state index contributed by atoms with van der Waals surface area (Å²) in [6.07, 6.45) is 2.81. The van der Waals surface area contributed by atoms with Gasteiger partial charge in [0.25, 0.3) is 0 Å². The third-order valence-electron chi connectivity index (χ3n) is 7.20. The zero-order valence-electron chi connectivity index (χ0n) is 20.0. The maximum Gasteiger partial charge on any atom is 0.224 e. The van der Waals surface area contributed by atoms with Gasteiger partial charge in [0, 0.05) is 54.9 Å². The highest BCUT2D eigenvalue weighted by Crippen LogP contribution is 2.46. The Morgan fingerprint density at radius 1 is 1.21 bits per heavy atom. The van der Waals surface area contributed by atoms with Crippen molar-refractivity contribution >= 4 is 29.3 Å². The first-order valence-electron chi connectivity index (χ1n) is 11.7. The molecule has 1 unspecified atom stereocenters. The van der Waals surface area contributed by atoms with Crippen molar-refractivity contribution in [1.82, 2.24) is 15.5 Å². The fourth-order valence-electron chi connectivity index (χ4n) is 5.24. The quantitative estimate of drug-likeness (QED) is 0.586. The van der Waals surface area contributed by atoms with Crippen molar-refractivity contribution in [2.45, 2.75) is 77.5 Å². The molecule has 182 valence electrons. The summed E-state index contributed by atoms with van der Waals surface area (Å²) in [5.74, 6) is -0.300. The number of carbonyl (C=O) groups is 3. The van der Waals surface area contributed by atoms with Gasteiger partial charge < -0.3 is 20.6 Å². The van der Waals surface area contributed by atoms with Crippen LogP contribution in [-0.2, 0) is 20.0 Å². The van der Waals surface area contributed by atoms with Gasteiger partial charge >= 0.3 is 0 Å². The van der Waals surface area contributed by atoms with E-state index in [9.17, 15) is 19.5 Å². The molecule has 8 heteroatoms. The fourth-order valence-corrected chi connectivity index (χ4v) is 5.36. The van der Waals surface area contributed by atoms with Gasteiger partial charge in [0.15, 0.2) is 0 Å². The van der Waals surface area contributed by atoms with Crippen molar-refractivity contribution in [2.24, 2.45) is 11.3 Å². The van der Waals surface area contributed by atoms with Crippen LogP contribution in [0.1, 0.15) is 65.4 Å². The molecule has 3 rings (SSSR count). The highest BCUT2D eigenvalue weighted by atomic mass is 35.5. The number of hydrogen-bond acceptors (Lipinski definition) is 4. The highest BCUT2D eigenvalue weighted by molar-refractivity contribution is 6.30. The van der Waals surface area contributed by atoms with Crippen molar-refractivity contribution in [3.63, 3.8) is 0 Å². The van der Waals surface area contributed by atoms with Gasteiger partial charge in [-0.2, -0.15) is 0 Å². The second-order valence-electron chi connectivity index (χ2n) is 10.3. The summed E-state index contributed by atoms with van der Waals surface area (Å²) in [7, 11) is 0. The number of hydrogen-bond donors (Lipinski definition) is 3. The first-order valence-corrected chi connectivity index (χ1v) is 12.1. The van der Waals surface area contributed by atoms with Gasteiger partial charge in [-0.05, 0) is 50.3 Å². The molecule has 1 saturated carbocycles. The monoisotopic (exact) mass is 477 g/mol. The van der Waals surface area contributed by atoms with Crippen molar-refractivity contribution in [2.75, 3.05) is 13.1 Å². The molecule has 4 atom stereocenters. The summed E-state index contributed by atoms with van der Waals surface area (Å²) in [5.41, 5.74) is -0.802. The van der Waals surface area contributed by atoms with Crippen LogP contribution >= 0.6 is 11.6 Å². The summed E-state index contributed by atoms with van der Waals surface area (Å²) in [6.45, 7) is 8.14. The van der Waals surface area contributed by atoms with E-state index in [1.54, 1.807) is 17.0 Å². The van der Waals surface area contributed by atoms with E-state index < -0.39 is 11.0 Å². The molecule has 1 aromatic rings. The molecular formula is C25H36ClN3O4. The van der Waals surface area contributed by atoms with Crippen LogP contribution in [-0.4, -0.2) is 52.9 Å². The minimum absolute atomic E-state index is 0.0309. The van der Waals surface area contributed by atoms with Gasteiger partial charge in [-0.25, -0.2) is 0 Å². The van der Waals surface area contributed by atoms with Gasteiger partial charge in [0.05, 0.1) is 5.60 Å². The minimum atomic E-state index is -1.05. The fraction of sp³-hybridized carbons (Fsp3) is 0.640. The van der Waals surface area contributed by atoms with Crippen LogP contribution in [0.4, 0.5) is 0 Å². The SMILES string of the molecule is CC(=O)NC1CC[C@@H](C(=O)N[C@H](C)CC(=O)N2CC[C@](O)(c3ccc(Cl)cc3)C(C)(C)C2)C1. The van der Waals surface area contributed by atoms with E-state index in [0.717, 1.165) is 18.4 Å². The number of carbonyl (C=O) groups excluding carboxylic acids is 3. The van der Waals surface area contributed by atoms with Crippen LogP contribution in [0.5, 0.6) is 0 Å². The Kier molecular flexibility index (Phi) is 7.74. The Morgan fingerprint density at radius 3 is 2.48 bits per heavy atom. The molecule has 2 fully saturated rings. The lowest BCUT2D eigenvalue weighted by Crippen LogP contribution is -2.57. The minimum Gasteiger partial charge on any atom is -0.384 e. The van der Waals surface area contributed by atoms with Gasteiger partial charge in [0.2, 0.25) is 17.7 Å². The molecule has 1 saturated heterocycles. The predicted molar refractivity (Wildman–Crippen MR) is 127 cm³/mol. The smallest absolute Gasteiger partial charge is 0.224 e. The number of halogens is 1. The third-order valence-corrected chi connectivity index (χ3v) is 7.46. The van der Waals surface area contributed by atoms with Crippen LogP contribution < -0.4 is 10.6 Å². The molecule has 0 spiro atoms.